The quantitative estimate of drug-likeness (QED) is 0.453. The number of nitrogens with one attached hydrogen (secondary N) is 1. The fraction of sp³-hybridized carbons (Fsp3) is 1.00. The third kappa shape index (κ3) is 2.30. The molecule has 3 nitrogen and oxygen atoms in total. The lowest BCUT2D eigenvalue weighted by Crippen LogP contribution is -2.27. The van der Waals surface area contributed by atoms with Gasteiger partial charge in [0, 0.05) is 19.6 Å². The molecule has 1 aliphatic rings. The Morgan fingerprint density at radius 3 is 2.67 bits per heavy atom. The third-order valence-electron chi connectivity index (χ3n) is 1.72. The van der Waals surface area contributed by atoms with Crippen LogP contribution in [-0.4, -0.2) is 43.1 Å². The van der Waals surface area contributed by atoms with Gasteiger partial charge in [0.15, 0.2) is 0 Å². The number of hydrogen-bond donors (Lipinski definition) is 0. The molecule has 0 atom stereocenters. The van der Waals surface area contributed by atoms with Crippen LogP contribution in [0.5, 0.6) is 0 Å². The second kappa shape index (κ2) is 3.15. The molecule has 1 radical (unpaired) electrons. The van der Waals surface area contributed by atoms with Crippen molar-refractivity contribution in [2.24, 2.45) is 0 Å². The van der Waals surface area contributed by atoms with Crippen LogP contribution in [0.25, 0.3) is 0 Å². The van der Waals surface area contributed by atoms with Gasteiger partial charge >= 0.3 is 0 Å². The van der Waals surface area contributed by atoms with Crippen molar-refractivity contribution in [1.82, 2.24) is 15.8 Å². The summed E-state index contributed by atoms with van der Waals surface area (Å²) in [5.41, 5.74) is 0. The largest absolute Gasteiger partial charge is 0.305 e. The molecule has 0 aliphatic carbocycles. The Morgan fingerprint density at radius 2 is 1.89 bits per heavy atom. The first kappa shape index (κ1) is 6.99. The van der Waals surface area contributed by atoms with Gasteiger partial charge in [0.2, 0.25) is 0 Å². The van der Waals surface area contributed by atoms with Crippen molar-refractivity contribution < 1.29 is 0 Å². The SMILES string of the molecule is CN1CCCN([NH])CC1. The highest BCUT2D eigenvalue weighted by Gasteiger charge is 2.07. The normalized spacial score (nSPS) is 26.0. The molecule has 1 heterocycles. The van der Waals surface area contributed by atoms with E-state index in [4.69, 9.17) is 5.84 Å². The topological polar surface area (TPSA) is 30.3 Å². The standard InChI is InChI=1S/C6H14N3/c1-8-3-2-4-9(7)6-5-8/h7H,2-6H2,1H3. The van der Waals surface area contributed by atoms with E-state index in [1.807, 2.05) is 0 Å². The Kier molecular flexibility index (Phi) is 2.45. The molecule has 0 aromatic heterocycles. The van der Waals surface area contributed by atoms with Crippen LogP contribution in [0.2, 0.25) is 0 Å². The average molecular weight is 128 g/mol. The van der Waals surface area contributed by atoms with Gasteiger partial charge < -0.3 is 4.90 Å². The van der Waals surface area contributed by atoms with E-state index < -0.39 is 0 Å². The maximum Gasteiger partial charge on any atom is 0.0272 e. The van der Waals surface area contributed by atoms with Gasteiger partial charge in [0.05, 0.1) is 0 Å². The lowest BCUT2D eigenvalue weighted by atomic mass is 10.4. The number of likely N-dealkylation sites (N-methyl/N-ethyl adjacent to an activating group) is 1. The molecule has 0 amide bonds. The molecular formula is C6H14N3. The summed E-state index contributed by atoms with van der Waals surface area (Å²) >= 11 is 0. The molecule has 1 saturated heterocycles. The summed E-state index contributed by atoms with van der Waals surface area (Å²) in [5.74, 6) is 7.31. The lowest BCUT2D eigenvalue weighted by Gasteiger charge is -2.12. The van der Waals surface area contributed by atoms with E-state index in [1.54, 1.807) is 5.01 Å². The molecule has 1 fully saturated rings. The average Bonchev–Trinajstić information content (AvgIpc) is 1.97. The second-order valence-electron chi connectivity index (χ2n) is 2.64. The predicted octanol–water partition coefficient (Wildman–Crippen LogP) is -0.178. The molecular weight excluding hydrogens is 114 g/mol. The van der Waals surface area contributed by atoms with E-state index in [-0.39, 0.29) is 0 Å². The molecule has 0 saturated carbocycles. The Morgan fingerprint density at radius 1 is 1.11 bits per heavy atom. The van der Waals surface area contributed by atoms with E-state index >= 15 is 0 Å². The molecule has 0 aromatic carbocycles. The molecule has 0 unspecified atom stereocenters. The van der Waals surface area contributed by atoms with Gasteiger partial charge in [-0.1, -0.05) is 0 Å². The zero-order valence-corrected chi connectivity index (χ0v) is 5.93. The van der Waals surface area contributed by atoms with E-state index in [0.29, 0.717) is 0 Å². The molecule has 1 N–H and O–H groups in total. The van der Waals surface area contributed by atoms with Crippen LogP contribution in [0, 0.1) is 0 Å². The van der Waals surface area contributed by atoms with Gasteiger partial charge in [-0.25, -0.2) is 5.01 Å². The van der Waals surface area contributed by atoms with Gasteiger partial charge in [-0.2, -0.15) is 5.84 Å². The van der Waals surface area contributed by atoms with Crippen LogP contribution < -0.4 is 5.84 Å². The van der Waals surface area contributed by atoms with Gasteiger partial charge in [-0.15, -0.1) is 0 Å². The van der Waals surface area contributed by atoms with Crippen LogP contribution in [0.4, 0.5) is 0 Å². The monoisotopic (exact) mass is 128 g/mol. The fourth-order valence-electron chi connectivity index (χ4n) is 1.05. The predicted molar refractivity (Wildman–Crippen MR) is 36.8 cm³/mol. The first-order chi connectivity index (χ1) is 4.29. The van der Waals surface area contributed by atoms with Gasteiger partial charge in [0.1, 0.15) is 0 Å². The third-order valence-corrected chi connectivity index (χ3v) is 1.72. The van der Waals surface area contributed by atoms with Crippen LogP contribution in [0.1, 0.15) is 6.42 Å². The highest BCUT2D eigenvalue weighted by molar-refractivity contribution is 4.61. The first-order valence-corrected chi connectivity index (χ1v) is 3.44. The van der Waals surface area contributed by atoms with E-state index in [2.05, 4.69) is 11.9 Å². The summed E-state index contributed by atoms with van der Waals surface area (Å²) in [5, 5.41) is 1.64. The van der Waals surface area contributed by atoms with Crippen molar-refractivity contribution in [2.45, 2.75) is 6.42 Å². The number of nitrogens with zero attached hydrogens (tertiary/aromatic N) is 2. The molecule has 0 spiro atoms. The van der Waals surface area contributed by atoms with Crippen molar-refractivity contribution in [3.05, 3.63) is 0 Å². The van der Waals surface area contributed by atoms with Crippen molar-refractivity contribution in [1.29, 1.82) is 0 Å². The number of hydrogen-bond acceptors (Lipinski definition) is 2. The molecule has 3 heteroatoms. The van der Waals surface area contributed by atoms with Crippen LogP contribution in [0.15, 0.2) is 0 Å². The lowest BCUT2D eigenvalue weighted by molar-refractivity contribution is 0.270. The van der Waals surface area contributed by atoms with Crippen molar-refractivity contribution in [3.8, 4) is 0 Å². The summed E-state index contributed by atoms with van der Waals surface area (Å²) in [6.07, 6.45) is 1.14. The van der Waals surface area contributed by atoms with Crippen LogP contribution in [0.3, 0.4) is 0 Å². The van der Waals surface area contributed by atoms with Crippen LogP contribution in [-0.2, 0) is 0 Å². The molecule has 0 aromatic rings. The Bertz CT molecular complexity index is 74.4. The second-order valence-corrected chi connectivity index (χ2v) is 2.64. The van der Waals surface area contributed by atoms with E-state index in [0.717, 1.165) is 32.6 Å². The summed E-state index contributed by atoms with van der Waals surface area (Å²) in [6.45, 7) is 4.03. The molecule has 9 heavy (non-hydrogen) atoms. The first-order valence-electron chi connectivity index (χ1n) is 3.44. The Hall–Kier alpha value is -0.120. The summed E-state index contributed by atoms with van der Waals surface area (Å²) in [7, 11) is 2.11. The highest BCUT2D eigenvalue weighted by atomic mass is 15.4. The molecule has 1 aliphatic heterocycles. The summed E-state index contributed by atoms with van der Waals surface area (Å²) in [6, 6.07) is 0. The van der Waals surface area contributed by atoms with E-state index in [1.165, 1.54) is 0 Å². The highest BCUT2D eigenvalue weighted by Crippen LogP contribution is 1.95. The van der Waals surface area contributed by atoms with Crippen molar-refractivity contribution in [2.75, 3.05) is 33.2 Å². The summed E-state index contributed by atoms with van der Waals surface area (Å²) in [4.78, 5) is 2.27. The fourth-order valence-corrected chi connectivity index (χ4v) is 1.05. The zero-order chi connectivity index (χ0) is 6.69. The zero-order valence-electron chi connectivity index (χ0n) is 5.93. The Balaban J connectivity index is 2.25. The van der Waals surface area contributed by atoms with Gasteiger partial charge in [-0.3, -0.25) is 0 Å². The summed E-state index contributed by atoms with van der Waals surface area (Å²) < 4.78 is 0. The maximum absolute atomic E-state index is 7.31. The maximum atomic E-state index is 7.31. The molecule has 1 rings (SSSR count). The molecule has 53 valence electrons. The molecule has 0 bridgehead atoms. The van der Waals surface area contributed by atoms with Gasteiger partial charge in [-0.05, 0) is 20.0 Å². The van der Waals surface area contributed by atoms with Crippen molar-refractivity contribution in [3.63, 3.8) is 0 Å². The van der Waals surface area contributed by atoms with Crippen molar-refractivity contribution >= 4 is 0 Å². The smallest absolute Gasteiger partial charge is 0.0272 e. The minimum Gasteiger partial charge on any atom is -0.305 e. The minimum atomic E-state index is 0.899. The Labute approximate surface area is 56.4 Å². The minimum absolute atomic E-state index is 0.899. The van der Waals surface area contributed by atoms with Gasteiger partial charge in [0.25, 0.3) is 0 Å². The van der Waals surface area contributed by atoms with Crippen LogP contribution >= 0.6 is 0 Å². The number of rotatable bonds is 0. The van der Waals surface area contributed by atoms with E-state index in [9.17, 15) is 0 Å².